The number of carboxylic acids is 1. The van der Waals surface area contributed by atoms with E-state index in [4.69, 9.17) is 0 Å². The number of aliphatic carboxylic acids is 1. The van der Waals surface area contributed by atoms with Gasteiger partial charge in [-0.05, 0) is 42.2 Å². The van der Waals surface area contributed by atoms with Crippen LogP contribution in [0.5, 0.6) is 0 Å². The number of nitrogens with one attached hydrogen (secondary N) is 1. The molecule has 1 heterocycles. The van der Waals surface area contributed by atoms with E-state index >= 15 is 0 Å². The highest BCUT2D eigenvalue weighted by Gasteiger charge is 2.36. The van der Waals surface area contributed by atoms with Gasteiger partial charge in [-0.3, -0.25) is 0 Å². The van der Waals surface area contributed by atoms with Gasteiger partial charge in [0.15, 0.2) is 6.04 Å². The van der Waals surface area contributed by atoms with E-state index in [-0.39, 0.29) is 18.4 Å². The van der Waals surface area contributed by atoms with Crippen LogP contribution in [0.1, 0.15) is 37.4 Å². The Morgan fingerprint density at radius 1 is 1.13 bits per heavy atom. The number of carboxylic acid groups (broad SMARTS) is 1. The molecular formula is C23H24FN3O4. The van der Waals surface area contributed by atoms with Gasteiger partial charge in [0.25, 0.3) is 0 Å². The third kappa shape index (κ3) is 4.91. The van der Waals surface area contributed by atoms with Crippen LogP contribution in [0.3, 0.4) is 0 Å². The largest absolute Gasteiger partial charge is 0.479 e. The Morgan fingerprint density at radius 3 is 2.35 bits per heavy atom. The molecule has 0 aliphatic carbocycles. The van der Waals surface area contributed by atoms with Crippen molar-refractivity contribution in [1.29, 1.82) is 0 Å². The van der Waals surface area contributed by atoms with E-state index in [1.54, 1.807) is 42.5 Å². The van der Waals surface area contributed by atoms with Gasteiger partial charge >= 0.3 is 18.0 Å². The summed E-state index contributed by atoms with van der Waals surface area (Å²) >= 11 is 0. The van der Waals surface area contributed by atoms with Crippen LogP contribution in [0.2, 0.25) is 0 Å². The lowest BCUT2D eigenvalue weighted by Gasteiger charge is -2.39. The Bertz CT molecular complexity index is 992. The minimum atomic E-state index is -1.30. The number of rotatable bonds is 6. The molecular weight excluding hydrogens is 401 g/mol. The lowest BCUT2D eigenvalue weighted by molar-refractivity contribution is -0.139. The molecule has 0 saturated carbocycles. The topological polar surface area (TPSA) is 90.0 Å². The van der Waals surface area contributed by atoms with Crippen LogP contribution in [-0.4, -0.2) is 39.0 Å². The van der Waals surface area contributed by atoms with Gasteiger partial charge in [0, 0.05) is 12.7 Å². The summed E-state index contributed by atoms with van der Waals surface area (Å²) in [6.45, 7) is 3.93. The average molecular weight is 425 g/mol. The molecule has 162 valence electrons. The van der Waals surface area contributed by atoms with Gasteiger partial charge in [0.1, 0.15) is 5.82 Å². The fourth-order valence-electron chi connectivity index (χ4n) is 3.64. The fourth-order valence-corrected chi connectivity index (χ4v) is 3.64. The van der Waals surface area contributed by atoms with Crippen molar-refractivity contribution in [2.45, 2.75) is 38.9 Å². The van der Waals surface area contributed by atoms with E-state index in [9.17, 15) is 23.9 Å². The Labute approximate surface area is 179 Å². The lowest BCUT2D eigenvalue weighted by atomic mass is 10.0. The fraction of sp³-hybridized carbons (Fsp3) is 0.261. The molecule has 2 aromatic carbocycles. The molecule has 3 rings (SSSR count). The van der Waals surface area contributed by atoms with Gasteiger partial charge in [0.2, 0.25) is 0 Å². The van der Waals surface area contributed by atoms with E-state index < -0.39 is 24.1 Å². The molecule has 7 nitrogen and oxygen atoms in total. The predicted octanol–water partition coefficient (Wildman–Crippen LogP) is 4.28. The molecule has 0 aromatic heterocycles. The molecule has 2 aromatic rings. The van der Waals surface area contributed by atoms with Crippen molar-refractivity contribution in [1.82, 2.24) is 15.1 Å². The number of urea groups is 2. The van der Waals surface area contributed by atoms with Gasteiger partial charge in [-0.1, -0.05) is 49.4 Å². The summed E-state index contributed by atoms with van der Waals surface area (Å²) in [6.07, 6.45) is 2.07. The van der Waals surface area contributed by atoms with Crippen LogP contribution in [0.25, 0.3) is 0 Å². The minimum absolute atomic E-state index is 0.188. The van der Waals surface area contributed by atoms with E-state index in [2.05, 4.69) is 5.32 Å². The molecule has 0 bridgehead atoms. The van der Waals surface area contributed by atoms with Crippen molar-refractivity contribution in [2.75, 3.05) is 0 Å². The van der Waals surface area contributed by atoms with Crippen LogP contribution >= 0.6 is 0 Å². The van der Waals surface area contributed by atoms with Gasteiger partial charge < -0.3 is 15.3 Å². The highest BCUT2D eigenvalue weighted by molar-refractivity contribution is 5.97. The second-order valence-corrected chi connectivity index (χ2v) is 7.34. The first-order valence-corrected chi connectivity index (χ1v) is 9.92. The molecule has 0 fully saturated rings. The number of benzene rings is 2. The molecule has 0 radical (unpaired) electrons. The summed E-state index contributed by atoms with van der Waals surface area (Å²) in [5, 5.41) is 12.0. The number of carbonyl (C=O) groups excluding carboxylic acids is 2. The second kappa shape index (κ2) is 9.42. The molecule has 2 atom stereocenters. The summed E-state index contributed by atoms with van der Waals surface area (Å²) in [7, 11) is 0. The highest BCUT2D eigenvalue weighted by Crippen LogP contribution is 2.25. The predicted molar refractivity (Wildman–Crippen MR) is 112 cm³/mol. The molecule has 1 aliphatic heterocycles. The third-order valence-electron chi connectivity index (χ3n) is 5.21. The standard InChI is InChI=1S/C23H24FN3O4/c1-3-19-15(2)13-27(23(31)26(19)14-16-9-11-18(24)12-10-16)22(30)25-20(21(28)29)17-7-5-4-6-8-17/h4-13,19-20H,3,14H2,1-2H3,(H,25,30)(H,28,29). The maximum Gasteiger partial charge on any atom is 0.333 e. The molecule has 2 unspecified atom stereocenters. The maximum atomic E-state index is 13.2. The lowest BCUT2D eigenvalue weighted by Crippen LogP contribution is -2.55. The van der Waals surface area contributed by atoms with E-state index in [1.165, 1.54) is 23.2 Å². The monoisotopic (exact) mass is 425 g/mol. The summed E-state index contributed by atoms with van der Waals surface area (Å²) in [4.78, 5) is 40.2. The van der Waals surface area contributed by atoms with E-state index in [1.807, 2.05) is 13.8 Å². The van der Waals surface area contributed by atoms with Crippen molar-refractivity contribution >= 4 is 18.0 Å². The number of imide groups is 1. The van der Waals surface area contributed by atoms with Gasteiger partial charge in [-0.2, -0.15) is 0 Å². The second-order valence-electron chi connectivity index (χ2n) is 7.34. The van der Waals surface area contributed by atoms with Gasteiger partial charge in [-0.25, -0.2) is 23.7 Å². The summed E-state index contributed by atoms with van der Waals surface area (Å²) < 4.78 is 13.2. The van der Waals surface area contributed by atoms with Crippen molar-refractivity contribution in [2.24, 2.45) is 0 Å². The smallest absolute Gasteiger partial charge is 0.333 e. The van der Waals surface area contributed by atoms with E-state index in [0.29, 0.717) is 12.0 Å². The van der Waals surface area contributed by atoms with Crippen molar-refractivity contribution < 1.29 is 23.9 Å². The first kappa shape index (κ1) is 22.0. The summed E-state index contributed by atoms with van der Waals surface area (Å²) in [6, 6.07) is 11.1. The molecule has 2 N–H and O–H groups in total. The molecule has 1 aliphatic rings. The molecule has 0 spiro atoms. The first-order valence-electron chi connectivity index (χ1n) is 9.92. The maximum absolute atomic E-state index is 13.2. The van der Waals surface area contributed by atoms with Crippen LogP contribution < -0.4 is 5.32 Å². The zero-order valence-corrected chi connectivity index (χ0v) is 17.3. The van der Waals surface area contributed by atoms with Crippen LogP contribution in [0.4, 0.5) is 14.0 Å². The SMILES string of the molecule is CCC1C(C)=CN(C(=O)NC(C(=O)O)c2ccccc2)C(=O)N1Cc1ccc(F)cc1. The first-order chi connectivity index (χ1) is 14.8. The zero-order chi connectivity index (χ0) is 22.5. The molecule has 4 amide bonds. The van der Waals surface area contributed by atoms with Crippen LogP contribution in [0, 0.1) is 5.82 Å². The Kier molecular flexibility index (Phi) is 6.69. The summed E-state index contributed by atoms with van der Waals surface area (Å²) in [5.74, 6) is -1.61. The zero-order valence-electron chi connectivity index (χ0n) is 17.3. The number of amides is 4. The highest BCUT2D eigenvalue weighted by atomic mass is 19.1. The van der Waals surface area contributed by atoms with E-state index in [0.717, 1.165) is 16.0 Å². The minimum Gasteiger partial charge on any atom is -0.479 e. The van der Waals surface area contributed by atoms with Gasteiger partial charge in [-0.15, -0.1) is 0 Å². The molecule has 31 heavy (non-hydrogen) atoms. The van der Waals surface area contributed by atoms with Crippen LogP contribution in [-0.2, 0) is 11.3 Å². The quantitative estimate of drug-likeness (QED) is 0.723. The number of carbonyl (C=O) groups is 3. The van der Waals surface area contributed by atoms with Crippen molar-refractivity contribution in [3.63, 3.8) is 0 Å². The van der Waals surface area contributed by atoms with Crippen molar-refractivity contribution in [3.05, 3.63) is 83.3 Å². The average Bonchev–Trinajstić information content (AvgIpc) is 2.76. The molecule has 0 saturated heterocycles. The van der Waals surface area contributed by atoms with Crippen molar-refractivity contribution in [3.8, 4) is 0 Å². The Balaban J connectivity index is 1.85. The van der Waals surface area contributed by atoms with Crippen LogP contribution in [0.15, 0.2) is 66.4 Å². The Hall–Kier alpha value is -3.68. The number of hydrogen-bond donors (Lipinski definition) is 2. The number of nitrogens with zero attached hydrogens (tertiary/aromatic N) is 2. The normalized spacial score (nSPS) is 17.2. The Morgan fingerprint density at radius 2 is 1.77 bits per heavy atom. The number of hydrogen-bond acceptors (Lipinski definition) is 3. The third-order valence-corrected chi connectivity index (χ3v) is 5.21. The number of halogens is 1. The molecule has 8 heteroatoms. The van der Waals surface area contributed by atoms with Gasteiger partial charge in [0.05, 0.1) is 6.04 Å². The summed E-state index contributed by atoms with van der Waals surface area (Å²) in [5.41, 5.74) is 1.89.